The SMILES string of the molecule is CN=C(NCc1ccc(NC(=O)c2ccco2)cc1)NC(C)Cc1ccc(C)s1.I. The van der Waals surface area contributed by atoms with Gasteiger partial charge in [-0.15, -0.1) is 35.3 Å². The lowest BCUT2D eigenvalue weighted by Crippen LogP contribution is -2.42. The number of hydrogen-bond acceptors (Lipinski definition) is 4. The van der Waals surface area contributed by atoms with Crippen molar-refractivity contribution in [2.75, 3.05) is 12.4 Å². The molecule has 0 aliphatic heterocycles. The summed E-state index contributed by atoms with van der Waals surface area (Å²) in [5, 5.41) is 9.57. The fourth-order valence-corrected chi connectivity index (χ4v) is 3.89. The Labute approximate surface area is 198 Å². The van der Waals surface area contributed by atoms with Gasteiger partial charge in [-0.25, -0.2) is 0 Å². The standard InChI is InChI=1S/C22H26N4O2S.HI/c1-15(13-19-11-6-16(2)29-19)25-22(23-3)24-14-17-7-9-18(10-8-17)26-21(27)20-5-4-12-28-20;/h4-12,15H,13-14H2,1-3H3,(H,26,27)(H2,23,24,25);1H. The van der Waals surface area contributed by atoms with Gasteiger partial charge in [-0.1, -0.05) is 12.1 Å². The van der Waals surface area contributed by atoms with Crippen LogP contribution in [0.2, 0.25) is 0 Å². The number of halogens is 1. The molecule has 0 saturated carbocycles. The fraction of sp³-hybridized carbons (Fsp3) is 0.273. The molecule has 1 unspecified atom stereocenters. The second-order valence-corrected chi connectivity index (χ2v) is 8.19. The average molecular weight is 538 g/mol. The second kappa shape index (κ2) is 11.8. The number of hydrogen-bond donors (Lipinski definition) is 3. The van der Waals surface area contributed by atoms with E-state index in [0.717, 1.165) is 23.6 Å². The highest BCUT2D eigenvalue weighted by Gasteiger charge is 2.09. The Balaban J connectivity index is 0.00000320. The molecule has 1 aromatic carbocycles. The van der Waals surface area contributed by atoms with Crippen LogP contribution in [0, 0.1) is 6.92 Å². The van der Waals surface area contributed by atoms with Gasteiger partial charge in [0.05, 0.1) is 6.26 Å². The maximum atomic E-state index is 12.0. The van der Waals surface area contributed by atoms with Crippen molar-refractivity contribution in [2.45, 2.75) is 32.9 Å². The lowest BCUT2D eigenvalue weighted by Gasteiger charge is -2.17. The van der Waals surface area contributed by atoms with E-state index in [-0.39, 0.29) is 41.7 Å². The first-order chi connectivity index (χ1) is 14.0. The van der Waals surface area contributed by atoms with E-state index in [4.69, 9.17) is 4.42 Å². The Morgan fingerprint density at radius 1 is 1.17 bits per heavy atom. The number of nitrogens with one attached hydrogen (secondary N) is 3. The number of rotatable bonds is 7. The zero-order valence-corrected chi connectivity index (χ0v) is 20.4. The molecule has 0 aliphatic carbocycles. The van der Waals surface area contributed by atoms with Gasteiger partial charge in [0.1, 0.15) is 0 Å². The van der Waals surface area contributed by atoms with Crippen LogP contribution in [-0.2, 0) is 13.0 Å². The number of anilines is 1. The smallest absolute Gasteiger partial charge is 0.291 e. The lowest BCUT2D eigenvalue weighted by atomic mass is 10.2. The topological polar surface area (TPSA) is 78.7 Å². The van der Waals surface area contributed by atoms with Crippen LogP contribution in [0.15, 0.2) is 64.2 Å². The van der Waals surface area contributed by atoms with E-state index in [1.165, 1.54) is 16.0 Å². The molecule has 1 atom stereocenters. The molecule has 0 spiro atoms. The van der Waals surface area contributed by atoms with Crippen molar-refractivity contribution < 1.29 is 9.21 Å². The molecule has 2 heterocycles. The minimum absolute atomic E-state index is 0. The molecular formula is C22H27IN4O2S. The Morgan fingerprint density at radius 3 is 2.53 bits per heavy atom. The van der Waals surface area contributed by atoms with E-state index >= 15 is 0 Å². The summed E-state index contributed by atoms with van der Waals surface area (Å²) in [5.74, 6) is 0.791. The number of thiophene rings is 1. The molecule has 0 aliphatic rings. The molecule has 0 fully saturated rings. The van der Waals surface area contributed by atoms with Crippen molar-refractivity contribution in [2.24, 2.45) is 4.99 Å². The van der Waals surface area contributed by atoms with Gasteiger partial charge in [-0.3, -0.25) is 9.79 Å². The van der Waals surface area contributed by atoms with Gasteiger partial charge in [0.15, 0.2) is 11.7 Å². The van der Waals surface area contributed by atoms with Gasteiger partial charge in [0, 0.05) is 41.5 Å². The van der Waals surface area contributed by atoms with E-state index < -0.39 is 0 Å². The highest BCUT2D eigenvalue weighted by atomic mass is 127. The summed E-state index contributed by atoms with van der Waals surface area (Å²) in [4.78, 5) is 19.0. The molecule has 0 saturated heterocycles. The Bertz CT molecular complexity index is 952. The predicted molar refractivity (Wildman–Crippen MR) is 134 cm³/mol. The minimum Gasteiger partial charge on any atom is -0.459 e. The van der Waals surface area contributed by atoms with Crippen molar-refractivity contribution in [3.63, 3.8) is 0 Å². The van der Waals surface area contributed by atoms with E-state index in [1.54, 1.807) is 19.2 Å². The molecule has 2 aromatic heterocycles. The maximum Gasteiger partial charge on any atom is 0.291 e. The molecule has 6 nitrogen and oxygen atoms in total. The number of amides is 1. The summed E-state index contributed by atoms with van der Waals surface area (Å²) in [6.07, 6.45) is 2.44. The molecular weight excluding hydrogens is 511 g/mol. The molecule has 3 N–H and O–H groups in total. The third-order valence-corrected chi connectivity index (χ3v) is 5.35. The first kappa shape index (κ1) is 23.9. The number of carbonyl (C=O) groups excluding carboxylic acids is 1. The molecule has 8 heteroatoms. The summed E-state index contributed by atoms with van der Waals surface area (Å²) in [6.45, 7) is 4.91. The molecule has 160 valence electrons. The number of aryl methyl sites for hydroxylation is 1. The number of benzene rings is 1. The lowest BCUT2D eigenvalue weighted by molar-refractivity contribution is 0.0996. The van der Waals surface area contributed by atoms with Crippen LogP contribution >= 0.6 is 35.3 Å². The average Bonchev–Trinajstić information content (AvgIpc) is 3.38. The maximum absolute atomic E-state index is 12.0. The quantitative estimate of drug-likeness (QED) is 0.229. The summed E-state index contributed by atoms with van der Waals surface area (Å²) < 4.78 is 5.10. The van der Waals surface area contributed by atoms with Gasteiger partial charge in [-0.05, 0) is 55.8 Å². The molecule has 3 rings (SSSR count). The summed E-state index contributed by atoms with van der Waals surface area (Å²) in [7, 11) is 1.77. The highest BCUT2D eigenvalue weighted by molar-refractivity contribution is 14.0. The zero-order chi connectivity index (χ0) is 20.6. The highest BCUT2D eigenvalue weighted by Crippen LogP contribution is 2.16. The molecule has 0 bridgehead atoms. The molecule has 1 amide bonds. The van der Waals surface area contributed by atoms with Gasteiger partial charge in [0.25, 0.3) is 5.91 Å². The van der Waals surface area contributed by atoms with Crippen molar-refractivity contribution >= 4 is 52.9 Å². The second-order valence-electron chi connectivity index (χ2n) is 6.82. The normalized spacial score (nSPS) is 12.0. The van der Waals surface area contributed by atoms with E-state index in [9.17, 15) is 4.79 Å². The van der Waals surface area contributed by atoms with Crippen LogP contribution in [0.1, 0.15) is 32.8 Å². The van der Waals surface area contributed by atoms with Crippen molar-refractivity contribution in [3.05, 3.63) is 75.9 Å². The third-order valence-electron chi connectivity index (χ3n) is 4.33. The third kappa shape index (κ3) is 7.17. The van der Waals surface area contributed by atoms with Crippen LogP contribution < -0.4 is 16.0 Å². The largest absolute Gasteiger partial charge is 0.459 e. The monoisotopic (exact) mass is 538 g/mol. The van der Waals surface area contributed by atoms with Crippen LogP contribution in [0.5, 0.6) is 0 Å². The van der Waals surface area contributed by atoms with Gasteiger partial charge >= 0.3 is 0 Å². The van der Waals surface area contributed by atoms with Gasteiger partial charge < -0.3 is 20.4 Å². The summed E-state index contributed by atoms with van der Waals surface area (Å²) in [6, 6.07) is 15.6. The van der Waals surface area contributed by atoms with Crippen molar-refractivity contribution in [1.29, 1.82) is 0 Å². The van der Waals surface area contributed by atoms with Crippen LogP contribution in [0.4, 0.5) is 5.69 Å². The fourth-order valence-electron chi connectivity index (χ4n) is 2.87. The van der Waals surface area contributed by atoms with Crippen LogP contribution in [0.3, 0.4) is 0 Å². The Kier molecular flexibility index (Phi) is 9.38. The number of carbonyl (C=O) groups is 1. The van der Waals surface area contributed by atoms with E-state index in [1.807, 2.05) is 35.6 Å². The first-order valence-corrected chi connectivity index (χ1v) is 10.3. The number of furan rings is 1. The molecule has 30 heavy (non-hydrogen) atoms. The van der Waals surface area contributed by atoms with Gasteiger partial charge in [-0.2, -0.15) is 0 Å². The Morgan fingerprint density at radius 2 is 1.93 bits per heavy atom. The number of guanidine groups is 1. The molecule has 3 aromatic rings. The Hall–Kier alpha value is -2.33. The predicted octanol–water partition coefficient (Wildman–Crippen LogP) is 4.82. The first-order valence-electron chi connectivity index (χ1n) is 9.50. The van der Waals surface area contributed by atoms with Crippen molar-refractivity contribution in [1.82, 2.24) is 10.6 Å². The summed E-state index contributed by atoms with van der Waals surface area (Å²) in [5.41, 5.74) is 1.81. The van der Waals surface area contributed by atoms with Gasteiger partial charge in [0.2, 0.25) is 0 Å². The number of nitrogens with zero attached hydrogens (tertiary/aromatic N) is 1. The van der Waals surface area contributed by atoms with Crippen LogP contribution in [-0.4, -0.2) is 25.0 Å². The zero-order valence-electron chi connectivity index (χ0n) is 17.3. The summed E-state index contributed by atoms with van der Waals surface area (Å²) >= 11 is 1.83. The minimum atomic E-state index is -0.264. The molecule has 0 radical (unpaired) electrons. The van der Waals surface area contributed by atoms with Crippen LogP contribution in [0.25, 0.3) is 0 Å². The van der Waals surface area contributed by atoms with E-state index in [0.29, 0.717) is 6.54 Å². The van der Waals surface area contributed by atoms with Crippen molar-refractivity contribution in [3.8, 4) is 0 Å². The van der Waals surface area contributed by atoms with E-state index in [2.05, 4.69) is 46.9 Å². The number of aliphatic imine (C=N–C) groups is 1.